The van der Waals surface area contributed by atoms with Crippen molar-refractivity contribution in [3.63, 3.8) is 0 Å². The van der Waals surface area contributed by atoms with Crippen LogP contribution < -0.4 is 4.74 Å². The molecule has 1 aliphatic rings. The number of aromatic nitrogens is 4. The molecule has 170 valence electrons. The number of carbonyl (C=O) groups is 1. The molecule has 1 atom stereocenters. The van der Waals surface area contributed by atoms with E-state index in [4.69, 9.17) is 9.47 Å². The molecule has 4 aromatic rings. The van der Waals surface area contributed by atoms with Crippen LogP contribution in [0, 0.1) is 5.82 Å². The van der Waals surface area contributed by atoms with Crippen LogP contribution in [0.4, 0.5) is 4.39 Å². The van der Waals surface area contributed by atoms with Crippen molar-refractivity contribution < 1.29 is 18.7 Å². The van der Waals surface area contributed by atoms with Crippen molar-refractivity contribution >= 4 is 16.9 Å². The number of hydrogen-bond donors (Lipinski definition) is 1. The van der Waals surface area contributed by atoms with E-state index in [0.717, 1.165) is 22.4 Å². The molecule has 2 aromatic heterocycles. The van der Waals surface area contributed by atoms with Crippen molar-refractivity contribution in [1.29, 1.82) is 0 Å². The number of morpholine rings is 1. The van der Waals surface area contributed by atoms with Gasteiger partial charge in [-0.05, 0) is 30.3 Å². The lowest BCUT2D eigenvalue weighted by Crippen LogP contribution is -2.43. The number of ether oxygens (including phenoxy) is 2. The molecule has 1 saturated heterocycles. The minimum atomic E-state index is -0.328. The zero-order valence-corrected chi connectivity index (χ0v) is 18.0. The summed E-state index contributed by atoms with van der Waals surface area (Å²) in [6.07, 6.45) is 2.00. The Balaban J connectivity index is 1.17. The first-order chi connectivity index (χ1) is 16.2. The number of benzene rings is 2. The number of rotatable bonds is 7. The van der Waals surface area contributed by atoms with Gasteiger partial charge < -0.3 is 18.9 Å². The molecular formula is C24H24FN5O3. The van der Waals surface area contributed by atoms with Crippen LogP contribution >= 0.6 is 0 Å². The van der Waals surface area contributed by atoms with Gasteiger partial charge in [0.1, 0.15) is 24.2 Å². The molecule has 1 fully saturated rings. The van der Waals surface area contributed by atoms with Crippen LogP contribution in [0.15, 0.2) is 60.9 Å². The van der Waals surface area contributed by atoms with Crippen LogP contribution in [0.2, 0.25) is 0 Å². The summed E-state index contributed by atoms with van der Waals surface area (Å²) < 4.78 is 26.6. The number of amides is 1. The largest absolute Gasteiger partial charge is 0.493 e. The van der Waals surface area contributed by atoms with Crippen molar-refractivity contribution in [2.24, 2.45) is 0 Å². The second-order valence-corrected chi connectivity index (χ2v) is 7.93. The molecule has 1 amide bonds. The van der Waals surface area contributed by atoms with E-state index in [1.807, 2.05) is 39.8 Å². The van der Waals surface area contributed by atoms with Crippen LogP contribution in [0.25, 0.3) is 11.0 Å². The first-order valence-corrected chi connectivity index (χ1v) is 10.9. The van der Waals surface area contributed by atoms with Crippen LogP contribution in [-0.4, -0.2) is 56.9 Å². The Kier molecular flexibility index (Phi) is 6.03. The Morgan fingerprint density at radius 2 is 2.12 bits per heavy atom. The van der Waals surface area contributed by atoms with Gasteiger partial charge in [-0.15, -0.1) is 0 Å². The van der Waals surface area contributed by atoms with Gasteiger partial charge in [-0.3, -0.25) is 9.89 Å². The fraction of sp³-hybridized carbons (Fsp3) is 0.292. The number of H-pyrrole nitrogens is 1. The maximum atomic E-state index is 13.2. The summed E-state index contributed by atoms with van der Waals surface area (Å²) in [5.41, 5.74) is 3.45. The lowest BCUT2D eigenvalue weighted by atomic mass is 10.2. The van der Waals surface area contributed by atoms with E-state index < -0.39 is 0 Å². The van der Waals surface area contributed by atoms with Gasteiger partial charge in [0.05, 0.1) is 42.8 Å². The average molecular weight is 449 g/mol. The molecule has 8 nitrogen and oxygen atoms in total. The minimum Gasteiger partial charge on any atom is -0.493 e. The zero-order chi connectivity index (χ0) is 22.6. The predicted octanol–water partition coefficient (Wildman–Crippen LogP) is 3.12. The zero-order valence-electron chi connectivity index (χ0n) is 18.0. The second-order valence-electron chi connectivity index (χ2n) is 7.93. The number of para-hydroxylation sites is 2. The SMILES string of the molecule is O=C(Cn1cnc2ccccc21)N1CCOC(c2cc(CCOc3cccc(F)c3)[nH]n2)C1. The Morgan fingerprint density at radius 1 is 1.21 bits per heavy atom. The Hall–Kier alpha value is -3.72. The molecule has 2 aromatic carbocycles. The standard InChI is InChI=1S/C24H24FN5O3/c25-17-4-3-5-19(12-17)32-10-8-18-13-21(28-27-18)23-14-29(9-11-33-23)24(31)15-30-16-26-20-6-1-2-7-22(20)30/h1-7,12-13,16,23H,8-11,14-15H2,(H,27,28). The van der Waals surface area contributed by atoms with Gasteiger partial charge in [0, 0.05) is 24.7 Å². The van der Waals surface area contributed by atoms with E-state index in [1.165, 1.54) is 12.1 Å². The number of nitrogens with one attached hydrogen (secondary N) is 1. The number of hydrogen-bond acceptors (Lipinski definition) is 5. The van der Waals surface area contributed by atoms with Gasteiger partial charge in [0.25, 0.3) is 0 Å². The average Bonchev–Trinajstić information content (AvgIpc) is 3.47. The summed E-state index contributed by atoms with van der Waals surface area (Å²) in [5.74, 6) is 0.182. The minimum absolute atomic E-state index is 0.0192. The fourth-order valence-corrected chi connectivity index (χ4v) is 3.94. The number of carbonyl (C=O) groups excluding carboxylic acids is 1. The highest BCUT2D eigenvalue weighted by molar-refractivity contribution is 5.80. The van der Waals surface area contributed by atoms with Crippen molar-refractivity contribution in [1.82, 2.24) is 24.6 Å². The number of fused-ring (bicyclic) bond motifs is 1. The summed E-state index contributed by atoms with van der Waals surface area (Å²) in [5, 5.41) is 7.37. The molecule has 0 spiro atoms. The lowest BCUT2D eigenvalue weighted by Gasteiger charge is -2.32. The highest BCUT2D eigenvalue weighted by atomic mass is 19.1. The van der Waals surface area contributed by atoms with Gasteiger partial charge in [-0.25, -0.2) is 9.37 Å². The summed E-state index contributed by atoms with van der Waals surface area (Å²) in [4.78, 5) is 19.1. The Bertz CT molecular complexity index is 1250. The third-order valence-electron chi connectivity index (χ3n) is 5.67. The molecular weight excluding hydrogens is 425 g/mol. The van der Waals surface area contributed by atoms with E-state index in [9.17, 15) is 9.18 Å². The predicted molar refractivity (Wildman–Crippen MR) is 119 cm³/mol. The molecule has 5 rings (SSSR count). The summed E-state index contributed by atoms with van der Waals surface area (Å²) >= 11 is 0. The third kappa shape index (κ3) is 4.88. The molecule has 1 unspecified atom stereocenters. The molecule has 0 aliphatic carbocycles. The van der Waals surface area contributed by atoms with Crippen molar-refractivity contribution in [2.75, 3.05) is 26.3 Å². The third-order valence-corrected chi connectivity index (χ3v) is 5.67. The second kappa shape index (κ2) is 9.41. The number of halogens is 1. The first-order valence-electron chi connectivity index (χ1n) is 10.9. The smallest absolute Gasteiger partial charge is 0.242 e. The molecule has 0 radical (unpaired) electrons. The van der Waals surface area contributed by atoms with Gasteiger partial charge in [-0.1, -0.05) is 18.2 Å². The van der Waals surface area contributed by atoms with E-state index in [2.05, 4.69) is 15.2 Å². The van der Waals surface area contributed by atoms with Crippen molar-refractivity contribution in [3.8, 4) is 5.75 Å². The summed E-state index contributed by atoms with van der Waals surface area (Å²) in [6, 6.07) is 15.7. The van der Waals surface area contributed by atoms with Gasteiger partial charge in [-0.2, -0.15) is 5.10 Å². The Labute approximate surface area is 189 Å². The van der Waals surface area contributed by atoms with Crippen molar-refractivity contribution in [3.05, 3.63) is 78.1 Å². The van der Waals surface area contributed by atoms with E-state index in [-0.39, 0.29) is 24.4 Å². The Morgan fingerprint density at radius 3 is 3.03 bits per heavy atom. The van der Waals surface area contributed by atoms with Crippen LogP contribution in [0.5, 0.6) is 5.75 Å². The summed E-state index contributed by atoms with van der Waals surface area (Å²) in [6.45, 7) is 2.05. The topological polar surface area (TPSA) is 85.3 Å². The van der Waals surface area contributed by atoms with E-state index in [0.29, 0.717) is 38.5 Å². The quantitative estimate of drug-likeness (QED) is 0.469. The highest BCUT2D eigenvalue weighted by Gasteiger charge is 2.27. The van der Waals surface area contributed by atoms with Gasteiger partial charge >= 0.3 is 0 Å². The van der Waals surface area contributed by atoms with Crippen LogP contribution in [-0.2, 0) is 22.5 Å². The molecule has 9 heteroatoms. The first kappa shape index (κ1) is 21.1. The molecule has 0 bridgehead atoms. The maximum Gasteiger partial charge on any atom is 0.242 e. The molecule has 33 heavy (non-hydrogen) atoms. The molecule has 1 aliphatic heterocycles. The highest BCUT2D eigenvalue weighted by Crippen LogP contribution is 2.22. The number of aromatic amines is 1. The monoisotopic (exact) mass is 449 g/mol. The number of imidazole rings is 1. The normalized spacial score (nSPS) is 16.3. The maximum absolute atomic E-state index is 13.2. The van der Waals surface area contributed by atoms with E-state index in [1.54, 1.807) is 18.5 Å². The van der Waals surface area contributed by atoms with Gasteiger partial charge in [0.15, 0.2) is 0 Å². The molecule has 0 saturated carbocycles. The summed E-state index contributed by atoms with van der Waals surface area (Å²) in [7, 11) is 0. The fourth-order valence-electron chi connectivity index (χ4n) is 3.94. The van der Waals surface area contributed by atoms with Crippen LogP contribution in [0.1, 0.15) is 17.5 Å². The van der Waals surface area contributed by atoms with Crippen LogP contribution in [0.3, 0.4) is 0 Å². The van der Waals surface area contributed by atoms with Gasteiger partial charge in [0.2, 0.25) is 5.91 Å². The van der Waals surface area contributed by atoms with E-state index >= 15 is 0 Å². The number of nitrogens with zero attached hydrogens (tertiary/aromatic N) is 4. The van der Waals surface area contributed by atoms with Crippen molar-refractivity contribution in [2.45, 2.75) is 19.1 Å². The lowest BCUT2D eigenvalue weighted by molar-refractivity contribution is -0.139. The molecule has 1 N–H and O–H groups in total. The molecule has 3 heterocycles.